The van der Waals surface area contributed by atoms with Crippen LogP contribution in [0.1, 0.15) is 26.7 Å². The summed E-state index contributed by atoms with van der Waals surface area (Å²) >= 11 is -1.41. The number of hydrogen-bond donors (Lipinski definition) is 2. The van der Waals surface area contributed by atoms with E-state index in [4.69, 9.17) is 0 Å². The van der Waals surface area contributed by atoms with Crippen LogP contribution in [0.4, 0.5) is 13.2 Å². The van der Waals surface area contributed by atoms with Crippen LogP contribution in [0.3, 0.4) is 0 Å². The van der Waals surface area contributed by atoms with Crippen molar-refractivity contribution in [3.8, 4) is 0 Å². The summed E-state index contributed by atoms with van der Waals surface area (Å²) in [6.07, 6.45) is -4.67. The minimum atomic E-state index is -4.23. The number of alkyl halides is 3. The summed E-state index contributed by atoms with van der Waals surface area (Å²) in [5.41, 5.74) is -0.810. The molecule has 0 aliphatic heterocycles. The van der Waals surface area contributed by atoms with E-state index in [1.165, 1.54) is 0 Å². The van der Waals surface area contributed by atoms with Gasteiger partial charge in [-0.25, -0.2) is 0 Å². The van der Waals surface area contributed by atoms with Crippen molar-refractivity contribution in [3.05, 3.63) is 0 Å². The quantitative estimate of drug-likeness (QED) is 0.520. The van der Waals surface area contributed by atoms with Gasteiger partial charge in [-0.15, -0.1) is 0 Å². The van der Waals surface area contributed by atoms with Crippen LogP contribution >= 0.6 is 0 Å². The van der Waals surface area contributed by atoms with Gasteiger partial charge in [-0.3, -0.25) is 0 Å². The summed E-state index contributed by atoms with van der Waals surface area (Å²) in [6, 6.07) is 0. The molecule has 0 aromatic carbocycles. The molecule has 0 aromatic rings. The molecule has 0 saturated heterocycles. The molecule has 0 aliphatic rings. The molecule has 0 rings (SSSR count). The van der Waals surface area contributed by atoms with E-state index in [0.29, 0.717) is 19.5 Å². The summed E-state index contributed by atoms with van der Waals surface area (Å²) in [5, 5.41) is 12.3. The van der Waals surface area contributed by atoms with E-state index in [1.54, 1.807) is 13.8 Å². The molecule has 0 radical (unpaired) electrons. The molecule has 2 N–H and O–H groups in total. The van der Waals surface area contributed by atoms with Crippen molar-refractivity contribution in [1.82, 2.24) is 5.32 Å². The van der Waals surface area contributed by atoms with E-state index >= 15 is 0 Å². The zero-order valence-corrected chi connectivity index (χ0v) is 11.0. The lowest BCUT2D eigenvalue weighted by Crippen LogP contribution is -2.35. The third-order valence-electron chi connectivity index (χ3n) is 1.90. The Morgan fingerprint density at radius 3 is 2.29 bits per heavy atom. The smallest absolute Gasteiger partial charge is 0.393 e. The molecular formula is C10H20F3NO2S. The van der Waals surface area contributed by atoms with Crippen LogP contribution in [0.2, 0.25) is 0 Å². The van der Waals surface area contributed by atoms with Crippen LogP contribution in [0.5, 0.6) is 0 Å². The highest BCUT2D eigenvalue weighted by atomic mass is 32.2. The van der Waals surface area contributed by atoms with Gasteiger partial charge in [0.05, 0.1) is 12.0 Å². The van der Waals surface area contributed by atoms with Crippen molar-refractivity contribution in [3.63, 3.8) is 0 Å². The Morgan fingerprint density at radius 1 is 1.24 bits per heavy atom. The Balaban J connectivity index is 3.43. The molecule has 17 heavy (non-hydrogen) atoms. The van der Waals surface area contributed by atoms with Crippen molar-refractivity contribution in [1.29, 1.82) is 0 Å². The molecule has 3 nitrogen and oxygen atoms in total. The lowest BCUT2D eigenvalue weighted by molar-refractivity contribution is -0.129. The maximum absolute atomic E-state index is 11.8. The van der Waals surface area contributed by atoms with Crippen molar-refractivity contribution in [2.45, 2.75) is 38.5 Å². The minimum absolute atomic E-state index is 0.259. The lowest BCUT2D eigenvalue weighted by atomic mass is 10.1. The number of nitrogens with one attached hydrogen (secondary N) is 1. The Hall–Kier alpha value is 0.0200. The summed E-state index contributed by atoms with van der Waals surface area (Å²) in [5.74, 6) is -0.0655. The van der Waals surface area contributed by atoms with Crippen molar-refractivity contribution in [2.75, 3.05) is 24.6 Å². The topological polar surface area (TPSA) is 55.3 Å². The third kappa shape index (κ3) is 14.0. The monoisotopic (exact) mass is 275 g/mol. The zero-order chi connectivity index (χ0) is 13.5. The van der Waals surface area contributed by atoms with Crippen LogP contribution in [-0.2, 0) is 11.2 Å². The van der Waals surface area contributed by atoms with E-state index < -0.39 is 29.4 Å². The number of rotatable bonds is 8. The Morgan fingerprint density at radius 2 is 1.82 bits per heavy atom. The maximum atomic E-state index is 11.8. The Labute approximate surface area is 103 Å². The molecule has 0 aliphatic carbocycles. The first-order valence-corrected chi connectivity index (χ1v) is 6.94. The van der Waals surface area contributed by atoms with Crippen LogP contribution < -0.4 is 5.32 Å². The normalized spacial score (nSPS) is 15.0. The Bertz CT molecular complexity index is 207. The van der Waals surface area contributed by atoms with Crippen molar-refractivity contribution in [2.24, 2.45) is 0 Å². The predicted octanol–water partition coefficient (Wildman–Crippen LogP) is 1.44. The standard InChI is InChI=1S/C10H20F3NO2S/c1-9(2,15)8-14-5-3-6-17(16)7-4-10(11,12)13/h14-15H,3-8H2,1-2H3. The fraction of sp³-hybridized carbons (Fsp3) is 1.00. The van der Waals surface area contributed by atoms with E-state index in [0.717, 1.165) is 0 Å². The van der Waals surface area contributed by atoms with Crippen LogP contribution in [0.15, 0.2) is 0 Å². The second-order valence-electron chi connectivity index (χ2n) is 4.56. The fourth-order valence-corrected chi connectivity index (χ4v) is 2.21. The molecule has 0 spiro atoms. The summed E-state index contributed by atoms with van der Waals surface area (Å²) in [6.45, 7) is 4.26. The average molecular weight is 275 g/mol. The highest BCUT2D eigenvalue weighted by molar-refractivity contribution is 7.91. The molecule has 1 unspecified atom stereocenters. The van der Waals surface area contributed by atoms with Gasteiger partial charge in [-0.2, -0.15) is 13.2 Å². The third-order valence-corrected chi connectivity index (χ3v) is 3.30. The van der Waals surface area contributed by atoms with E-state index in [9.17, 15) is 22.8 Å². The zero-order valence-electron chi connectivity index (χ0n) is 10.1. The minimum Gasteiger partial charge on any atom is -0.616 e. The van der Waals surface area contributed by atoms with Gasteiger partial charge in [0.15, 0.2) is 0 Å². The molecule has 104 valence electrons. The predicted molar refractivity (Wildman–Crippen MR) is 62.3 cm³/mol. The molecular weight excluding hydrogens is 255 g/mol. The molecule has 0 bridgehead atoms. The first-order valence-electron chi connectivity index (χ1n) is 5.45. The summed E-state index contributed by atoms with van der Waals surface area (Å²) in [4.78, 5) is 0. The molecule has 0 aromatic heterocycles. The van der Waals surface area contributed by atoms with Crippen molar-refractivity contribution >= 4 is 11.2 Å². The average Bonchev–Trinajstić information content (AvgIpc) is 2.11. The van der Waals surface area contributed by atoms with Gasteiger partial charge < -0.3 is 15.0 Å². The van der Waals surface area contributed by atoms with Gasteiger partial charge in [0, 0.05) is 13.0 Å². The van der Waals surface area contributed by atoms with E-state index in [2.05, 4.69) is 5.32 Å². The number of hydrogen-bond acceptors (Lipinski definition) is 3. The fourth-order valence-electron chi connectivity index (χ4n) is 1.08. The second kappa shape index (κ2) is 7.45. The molecule has 0 amide bonds. The molecule has 1 atom stereocenters. The number of aliphatic hydroxyl groups is 1. The van der Waals surface area contributed by atoms with Gasteiger partial charge in [0.25, 0.3) is 0 Å². The molecule has 7 heteroatoms. The highest BCUT2D eigenvalue weighted by Crippen LogP contribution is 2.20. The van der Waals surface area contributed by atoms with Gasteiger partial charge in [0.1, 0.15) is 11.5 Å². The van der Waals surface area contributed by atoms with Crippen LogP contribution in [0.25, 0.3) is 0 Å². The number of halogens is 3. The van der Waals surface area contributed by atoms with E-state index in [-0.39, 0.29) is 11.5 Å². The molecule has 0 heterocycles. The van der Waals surface area contributed by atoms with Gasteiger partial charge >= 0.3 is 6.18 Å². The second-order valence-corrected chi connectivity index (χ2v) is 6.25. The summed E-state index contributed by atoms with van der Waals surface area (Å²) in [7, 11) is 0. The molecule has 0 fully saturated rings. The van der Waals surface area contributed by atoms with E-state index in [1.807, 2.05) is 0 Å². The largest absolute Gasteiger partial charge is 0.616 e. The summed E-state index contributed by atoms with van der Waals surface area (Å²) < 4.78 is 46.6. The van der Waals surface area contributed by atoms with Gasteiger partial charge in [-0.1, -0.05) is 11.2 Å². The first-order chi connectivity index (χ1) is 7.60. The Kier molecular flexibility index (Phi) is 7.46. The maximum Gasteiger partial charge on any atom is 0.393 e. The highest BCUT2D eigenvalue weighted by Gasteiger charge is 2.29. The van der Waals surface area contributed by atoms with Crippen molar-refractivity contribution < 1.29 is 22.8 Å². The van der Waals surface area contributed by atoms with Crippen LogP contribution in [0, 0.1) is 0 Å². The lowest BCUT2D eigenvalue weighted by Gasteiger charge is -2.18. The van der Waals surface area contributed by atoms with Gasteiger partial charge in [-0.05, 0) is 20.4 Å². The first kappa shape index (κ1) is 17.0. The molecule has 0 saturated carbocycles. The SMILES string of the molecule is CC(C)(O)CNCCC[S+]([O-])CCC(F)(F)F. The van der Waals surface area contributed by atoms with Gasteiger partial charge in [0.2, 0.25) is 0 Å². The van der Waals surface area contributed by atoms with Crippen LogP contribution in [-0.4, -0.2) is 46.0 Å².